The summed E-state index contributed by atoms with van der Waals surface area (Å²) >= 11 is 8.51. The van der Waals surface area contributed by atoms with Gasteiger partial charge in [-0.15, -0.1) is 0 Å². The lowest BCUT2D eigenvalue weighted by atomic mass is 10.0. The molecule has 11 atom stereocenters. The number of aliphatic hydroxyl groups excluding tert-OH is 3. The van der Waals surface area contributed by atoms with Crippen LogP contribution in [0, 0.1) is 0 Å². The maximum Gasteiger partial charge on any atom is 0.317 e. The topological polar surface area (TPSA) is 561 Å². The highest BCUT2D eigenvalue weighted by molar-refractivity contribution is 7.80. The molecule has 4 rings (SSSR count). The van der Waals surface area contributed by atoms with Gasteiger partial charge in [0.25, 0.3) is 0 Å². The summed E-state index contributed by atoms with van der Waals surface area (Å²) in [7, 11) is 0. The van der Waals surface area contributed by atoms with E-state index < -0.39 is 201 Å². The third-order valence-electron chi connectivity index (χ3n) is 16.2. The second-order valence-corrected chi connectivity index (χ2v) is 25.4. The van der Waals surface area contributed by atoms with Gasteiger partial charge in [0.2, 0.25) is 53.2 Å². The third-order valence-corrected chi connectivity index (χ3v) is 17.0. The Hall–Kier alpha value is -9.80. The molecular formula is C67H94N14O22S2. The standard InChI is InChI=1S/C67H94N14O22S2/c1-38(83)50(35-82)75-66(102)52(37-105)77-67(103)59(39(2)84)78-60(96)45(19-11-12-20-68)71-63(99)48(27-42-29-69-44-18-10-9-17-43(42)44)74-61(97)46(25-40-13-5-3-6-14-40)73-65(101)51(36-104)76-62(98)47(26-41-15-7-4-8-16-41)72-64(100)49(28-54(86)87)70-53(85)30-80(32-56(90)91)23-21-79(31-55(88)89)22-24-81(33-57(92)93)34-58(94)95/h3-10,13-18,29,38-39,45-52,59,69,82-84,104-105H,11-12,19-28,30-37,68H2,1-2H3,(H,70,85)(H,71,99)(H,72,100)(H,73,101)(H,74,97)(H,75,102)(H,76,98)(H,77,103)(H,78,96)(H,86,87)(H,88,89)(H,90,91)(H,92,93)(H,94,95)/t38-,39-,45+,46+,47-,48-,49+,50-,51+,52+,59+/m1/s1. The second kappa shape index (κ2) is 45.4. The third kappa shape index (κ3) is 31.6. The summed E-state index contributed by atoms with van der Waals surface area (Å²) in [5.41, 5.74) is 7.89. The van der Waals surface area contributed by atoms with Gasteiger partial charge in [-0.05, 0) is 62.4 Å². The fourth-order valence-corrected chi connectivity index (χ4v) is 11.3. The lowest BCUT2D eigenvalue weighted by Gasteiger charge is -2.29. The molecule has 0 aliphatic carbocycles. The molecule has 0 unspecified atom stereocenters. The highest BCUT2D eigenvalue weighted by Gasteiger charge is 2.37. The van der Waals surface area contributed by atoms with E-state index in [9.17, 15) is 103 Å². The zero-order chi connectivity index (χ0) is 77.9. The number of nitrogens with zero attached hydrogens (tertiary/aromatic N) is 3. The number of carboxylic acids is 5. The van der Waals surface area contributed by atoms with E-state index in [-0.39, 0.29) is 70.6 Å². The highest BCUT2D eigenvalue weighted by atomic mass is 32.1. The normalized spacial score (nSPS) is 14.5. The first-order chi connectivity index (χ1) is 49.8. The Kier molecular flexibility index (Phi) is 37.9. The number of hydrogen-bond donors (Lipinski definition) is 21. The van der Waals surface area contributed by atoms with Crippen molar-refractivity contribution < 1.29 is 108 Å². The number of rotatable bonds is 50. The Morgan fingerprint density at radius 3 is 1.30 bits per heavy atom. The first-order valence-electron chi connectivity index (χ1n) is 33.3. The average molecular weight is 1510 g/mol. The number of H-pyrrole nitrogens is 1. The largest absolute Gasteiger partial charge is 0.481 e. The molecule has 20 N–H and O–H groups in total. The Morgan fingerprint density at radius 2 is 0.838 bits per heavy atom. The molecule has 576 valence electrons. The fraction of sp³-hybridized carbons (Fsp3) is 0.493. The van der Waals surface area contributed by atoms with Gasteiger partial charge in [-0.25, -0.2) is 0 Å². The number of amides is 9. The quantitative estimate of drug-likeness (QED) is 0.0145. The molecule has 36 nitrogen and oxygen atoms in total. The number of nitrogens with two attached hydrogens (primary N) is 1. The van der Waals surface area contributed by atoms with Crippen LogP contribution in [0.4, 0.5) is 0 Å². The van der Waals surface area contributed by atoms with Crippen LogP contribution in [0.1, 0.15) is 56.2 Å². The number of fused-ring (bicyclic) bond motifs is 1. The Bertz CT molecular complexity index is 3560. The van der Waals surface area contributed by atoms with Crippen molar-refractivity contribution >= 4 is 119 Å². The monoisotopic (exact) mass is 1510 g/mol. The van der Waals surface area contributed by atoms with Crippen molar-refractivity contribution in [1.82, 2.24) is 67.5 Å². The van der Waals surface area contributed by atoms with E-state index >= 15 is 4.79 Å². The van der Waals surface area contributed by atoms with Gasteiger partial charge in [-0.2, -0.15) is 25.3 Å². The number of thiol groups is 2. The lowest BCUT2D eigenvalue weighted by Crippen LogP contribution is -2.62. The summed E-state index contributed by atoms with van der Waals surface area (Å²) < 4.78 is 0. The maximum absolute atomic E-state index is 15.0. The first kappa shape index (κ1) is 87.6. The number of carbonyl (C=O) groups excluding carboxylic acids is 9. The van der Waals surface area contributed by atoms with E-state index in [0.29, 0.717) is 34.0 Å². The van der Waals surface area contributed by atoms with Gasteiger partial charge in [-0.3, -0.25) is 81.8 Å². The summed E-state index contributed by atoms with van der Waals surface area (Å²) in [5, 5.41) is 101. The number of unbranched alkanes of at least 4 members (excludes halogenated alkanes) is 1. The molecule has 0 aliphatic heterocycles. The number of aromatic nitrogens is 1. The first-order valence-corrected chi connectivity index (χ1v) is 34.6. The van der Waals surface area contributed by atoms with E-state index in [4.69, 9.17) is 5.73 Å². The summed E-state index contributed by atoms with van der Waals surface area (Å²) in [5.74, 6) is -17.2. The van der Waals surface area contributed by atoms with Crippen molar-refractivity contribution in [2.75, 3.05) is 83.6 Å². The molecule has 105 heavy (non-hydrogen) atoms. The molecule has 9 amide bonds. The number of aromatic amines is 1. The minimum absolute atomic E-state index is 0.0995. The molecule has 0 saturated carbocycles. The summed E-state index contributed by atoms with van der Waals surface area (Å²) in [4.78, 5) is 193. The van der Waals surface area contributed by atoms with Crippen molar-refractivity contribution in [1.29, 1.82) is 0 Å². The zero-order valence-electron chi connectivity index (χ0n) is 57.8. The van der Waals surface area contributed by atoms with E-state index in [1.165, 1.54) is 18.7 Å². The fourth-order valence-electron chi connectivity index (χ4n) is 10.7. The van der Waals surface area contributed by atoms with Crippen LogP contribution >= 0.6 is 25.3 Å². The molecule has 0 spiro atoms. The second-order valence-electron chi connectivity index (χ2n) is 24.7. The Balaban J connectivity index is 1.64. The molecule has 0 radical (unpaired) electrons. The van der Waals surface area contributed by atoms with E-state index in [0.717, 1.165) is 9.80 Å². The van der Waals surface area contributed by atoms with Crippen LogP contribution in [0.25, 0.3) is 10.9 Å². The van der Waals surface area contributed by atoms with E-state index in [1.54, 1.807) is 91.1 Å². The predicted molar refractivity (Wildman–Crippen MR) is 383 cm³/mol. The average Bonchev–Trinajstić information content (AvgIpc) is 1.73. The summed E-state index contributed by atoms with van der Waals surface area (Å²) in [6.45, 7) is -2.87. The number of nitrogens with one attached hydrogen (secondary N) is 10. The minimum atomic E-state index is -1.96. The molecule has 3 aromatic carbocycles. The lowest BCUT2D eigenvalue weighted by molar-refractivity contribution is -0.143. The van der Waals surface area contributed by atoms with Crippen LogP contribution in [-0.4, -0.2) is 294 Å². The summed E-state index contributed by atoms with van der Waals surface area (Å²) in [6.07, 6.45) is -2.63. The van der Waals surface area contributed by atoms with Crippen LogP contribution in [-0.2, 0) is 86.4 Å². The van der Waals surface area contributed by atoms with Gasteiger partial charge in [-0.1, -0.05) is 78.9 Å². The zero-order valence-corrected chi connectivity index (χ0v) is 59.5. The van der Waals surface area contributed by atoms with E-state index in [1.807, 2.05) is 0 Å². The SMILES string of the molecule is C[C@@H](O)[C@H](NC(=O)[C@H](CCCCN)NC(=O)[C@@H](Cc1c[nH]c2ccccc12)NC(=O)[C@H](Cc1ccccc1)NC(=O)[C@H](CS)NC(=O)[C@@H](Cc1ccccc1)NC(=O)[C@H](CC(=O)O)NC(=O)CN(CCN(CCN(CC(=O)O)CC(=O)O)CC(=O)O)CC(=O)O)C(=O)N[C@@H](CS)C(=O)N[C@H](CO)[C@@H](C)O. The molecule has 4 aromatic rings. The van der Waals surface area contributed by atoms with Crippen molar-refractivity contribution in [3.63, 3.8) is 0 Å². The van der Waals surface area contributed by atoms with Crippen LogP contribution < -0.4 is 53.6 Å². The van der Waals surface area contributed by atoms with Gasteiger partial charge < -0.3 is 99.4 Å². The smallest absolute Gasteiger partial charge is 0.317 e. The number of aliphatic hydroxyl groups is 3. The molecule has 0 aliphatic rings. The van der Waals surface area contributed by atoms with Gasteiger partial charge in [0.15, 0.2) is 0 Å². The number of para-hydroxylation sites is 1. The molecular weight excluding hydrogens is 1420 g/mol. The van der Waals surface area contributed by atoms with Crippen LogP contribution in [0.15, 0.2) is 91.1 Å². The minimum Gasteiger partial charge on any atom is -0.481 e. The molecule has 0 fully saturated rings. The Morgan fingerprint density at radius 1 is 0.438 bits per heavy atom. The van der Waals surface area contributed by atoms with Gasteiger partial charge in [0.05, 0.1) is 64.0 Å². The molecule has 0 bridgehead atoms. The summed E-state index contributed by atoms with van der Waals surface area (Å²) in [6, 6.07) is 9.18. The van der Waals surface area contributed by atoms with Gasteiger partial charge in [0, 0.05) is 74.0 Å². The van der Waals surface area contributed by atoms with Gasteiger partial charge >= 0.3 is 29.8 Å². The van der Waals surface area contributed by atoms with E-state index in [2.05, 4.69) is 78.1 Å². The van der Waals surface area contributed by atoms with Gasteiger partial charge in [0.1, 0.15) is 48.3 Å². The number of hydrogen-bond acceptors (Lipinski definition) is 23. The number of carbonyl (C=O) groups is 14. The maximum atomic E-state index is 15.0. The molecule has 1 aromatic heterocycles. The van der Waals surface area contributed by atoms with Crippen LogP contribution in [0.2, 0.25) is 0 Å². The predicted octanol–water partition coefficient (Wildman–Crippen LogP) is -4.98. The van der Waals surface area contributed by atoms with Crippen LogP contribution in [0.3, 0.4) is 0 Å². The molecule has 38 heteroatoms. The molecule has 1 heterocycles. The highest BCUT2D eigenvalue weighted by Crippen LogP contribution is 2.20. The van der Waals surface area contributed by atoms with Crippen molar-refractivity contribution in [2.24, 2.45) is 5.73 Å². The number of carboxylic acid groups (broad SMARTS) is 5. The Labute approximate surface area is 614 Å². The number of benzene rings is 3. The van der Waals surface area contributed by atoms with Crippen molar-refractivity contribution in [3.05, 3.63) is 108 Å². The number of aliphatic carboxylic acids is 5. The van der Waals surface area contributed by atoms with Crippen molar-refractivity contribution in [3.8, 4) is 0 Å². The van der Waals surface area contributed by atoms with Crippen LogP contribution in [0.5, 0.6) is 0 Å². The van der Waals surface area contributed by atoms with Crippen molar-refractivity contribution in [2.45, 2.75) is 125 Å². The molecule has 0 saturated heterocycles.